The quantitative estimate of drug-likeness (QED) is 0.115. The van der Waals surface area contributed by atoms with Gasteiger partial charge in [-0.25, -0.2) is 9.26 Å². The van der Waals surface area contributed by atoms with E-state index in [2.05, 4.69) is 95.4 Å². The number of ether oxygens (including phenoxy) is 1. The number of aromatic nitrogens is 2. The van der Waals surface area contributed by atoms with Crippen LogP contribution in [0.2, 0.25) is 0 Å². The van der Waals surface area contributed by atoms with Crippen LogP contribution in [0.15, 0.2) is 84.9 Å². The van der Waals surface area contributed by atoms with Crippen LogP contribution in [-0.2, 0) is 48.5 Å². The maximum atomic E-state index is 14.0. The molecule has 0 atom stereocenters. The molecule has 5 aliphatic heterocycles. The monoisotopic (exact) mass is 941 g/mol. The lowest BCUT2D eigenvalue weighted by atomic mass is 9.81. The van der Waals surface area contributed by atoms with Crippen LogP contribution in [0.25, 0.3) is 22.5 Å². The fourth-order valence-corrected chi connectivity index (χ4v) is 11.2. The number of carboxylic acid groups (broad SMARTS) is 1. The molecule has 6 heterocycles. The molecule has 0 radical (unpaired) electrons. The molecule has 352 valence electrons. The smallest absolute Gasteiger partial charge is 0.335 e. The maximum absolute atomic E-state index is 14.0. The molecular formula is C56H55N5O7S. The maximum Gasteiger partial charge on any atom is 0.335 e. The van der Waals surface area contributed by atoms with Crippen LogP contribution in [0.1, 0.15) is 116 Å². The third-order valence-electron chi connectivity index (χ3n) is 14.4. The van der Waals surface area contributed by atoms with Crippen molar-refractivity contribution < 1.29 is 32.6 Å². The number of aryl methyl sites for hydroxylation is 5. The van der Waals surface area contributed by atoms with Crippen LogP contribution in [0.4, 0.5) is 5.69 Å². The van der Waals surface area contributed by atoms with Crippen molar-refractivity contribution in [3.8, 4) is 28.4 Å². The van der Waals surface area contributed by atoms with E-state index in [9.17, 15) is 19.5 Å². The standard InChI is InChI=1S/C56H55N5O5.O2S/c1-34-13-17-36(18-14-34)49-33-40(58-61(49)41-21-15-35(2)16-22-41)20-23-42(62)10-3-25-57-55(63)39-19-24-43(56(64)65)46(32-39)50-47-30-37-8-4-26-59-28-6-11-44(51(37)59)53(47)66-54-45-12-7-29-60-27-5-9-38(52(45)60)31-48(50)54;1-3-2/h13-19,21-22,24,30-33H,3-12,20,23,25-29H2,1-2H3,(H-,57,63,64,65);. The van der Waals surface area contributed by atoms with Crippen molar-refractivity contribution in [1.29, 1.82) is 0 Å². The van der Waals surface area contributed by atoms with Gasteiger partial charge in [-0.2, -0.15) is 13.5 Å². The van der Waals surface area contributed by atoms with Crippen molar-refractivity contribution in [3.63, 3.8) is 0 Å². The summed E-state index contributed by atoms with van der Waals surface area (Å²) in [6.45, 7) is 8.53. The molecule has 0 bridgehead atoms. The fourth-order valence-electron chi connectivity index (χ4n) is 11.2. The summed E-state index contributed by atoms with van der Waals surface area (Å²) in [5.74, 6) is 0.138. The number of aromatic carboxylic acids is 1. The summed E-state index contributed by atoms with van der Waals surface area (Å²) in [5, 5.41) is 23.2. The predicted octanol–water partition coefficient (Wildman–Crippen LogP) is 6.00. The number of carboxylic acids is 1. The van der Waals surface area contributed by atoms with Gasteiger partial charge in [0.1, 0.15) is 30.4 Å². The van der Waals surface area contributed by atoms with Crippen LogP contribution >= 0.6 is 0 Å². The van der Waals surface area contributed by atoms with Gasteiger partial charge in [0, 0.05) is 95.2 Å². The van der Waals surface area contributed by atoms with Crippen LogP contribution < -0.4 is 35.2 Å². The van der Waals surface area contributed by atoms with Gasteiger partial charge in [0.25, 0.3) is 5.91 Å². The molecule has 0 aliphatic carbocycles. The second-order valence-electron chi connectivity index (χ2n) is 19.0. The van der Waals surface area contributed by atoms with Gasteiger partial charge in [-0.1, -0.05) is 53.6 Å². The van der Waals surface area contributed by atoms with Crippen molar-refractivity contribution in [3.05, 3.63) is 157 Å². The summed E-state index contributed by atoms with van der Waals surface area (Å²) >= 11 is -0.750. The highest BCUT2D eigenvalue weighted by atomic mass is 32.1. The summed E-state index contributed by atoms with van der Waals surface area (Å²) in [6, 6.07) is 28.0. The molecule has 1 amide bonds. The van der Waals surface area contributed by atoms with Crippen LogP contribution in [-0.4, -0.2) is 68.6 Å². The number of carbonyl (C=O) groups excluding carboxylic acids is 3. The second kappa shape index (κ2) is 19.6. The first-order valence-electron chi connectivity index (χ1n) is 24.3. The summed E-state index contributed by atoms with van der Waals surface area (Å²) in [7, 11) is 0. The molecule has 0 saturated heterocycles. The number of carbonyl (C=O) groups is 3. The van der Waals surface area contributed by atoms with Crippen LogP contribution in [0.3, 0.4) is 0 Å². The Bertz CT molecular complexity index is 3160. The fraction of sp³-hybridized carbons (Fsp3) is 0.339. The molecule has 6 aromatic rings. The van der Waals surface area contributed by atoms with Crippen LogP contribution in [0.5, 0.6) is 11.5 Å². The molecule has 1 aromatic heterocycles. The van der Waals surface area contributed by atoms with Gasteiger partial charge in [-0.3, -0.25) is 9.59 Å². The number of fused-ring (bicyclic) bond motifs is 4. The number of Topliss-reactive ketones (excluding diaryl/α,β-unsaturated/α-hetero) is 1. The Kier molecular flexibility index (Phi) is 13.0. The number of hydrogen-bond donors (Lipinski definition) is 1. The number of ketones is 1. The SMILES string of the molecule is Cc1ccc(-c2cc(CCC(=O)CCCNC(=O)c3ccc(C(=O)[O-])c(C4=c5cc6c7c(c5Oc5c4cc4c8c5CCCN8CCC4)CCC[N+]=7CCC6)c3)nn2-c2ccc(C)cc2)cc1.O=S=O. The zero-order valence-electron chi connectivity index (χ0n) is 39.2. The molecule has 13 heteroatoms. The number of benzene rings is 5. The Morgan fingerprint density at radius 3 is 2.22 bits per heavy atom. The van der Waals surface area contributed by atoms with E-state index in [1.165, 1.54) is 50.5 Å². The first-order chi connectivity index (χ1) is 33.6. The minimum Gasteiger partial charge on any atom is -0.545 e. The van der Waals surface area contributed by atoms with Gasteiger partial charge in [0.2, 0.25) is 5.36 Å². The van der Waals surface area contributed by atoms with Gasteiger partial charge >= 0.3 is 11.6 Å². The molecule has 0 fully saturated rings. The van der Waals surface area contributed by atoms with Crippen molar-refractivity contribution in [2.24, 2.45) is 0 Å². The summed E-state index contributed by atoms with van der Waals surface area (Å²) < 4.78 is 28.2. The first-order valence-corrected chi connectivity index (χ1v) is 25.0. The van der Waals surface area contributed by atoms with E-state index in [1.54, 1.807) is 12.1 Å². The third-order valence-corrected chi connectivity index (χ3v) is 14.4. The molecule has 0 saturated carbocycles. The summed E-state index contributed by atoms with van der Waals surface area (Å²) in [4.78, 5) is 42.8. The van der Waals surface area contributed by atoms with E-state index in [-0.39, 0.29) is 17.3 Å². The highest BCUT2D eigenvalue weighted by Crippen LogP contribution is 2.49. The topological polar surface area (TPSA) is 154 Å². The number of nitrogens with zero attached hydrogens (tertiary/aromatic N) is 4. The minimum absolute atomic E-state index is 0.0432. The van der Waals surface area contributed by atoms with Gasteiger partial charge in [-0.05, 0) is 119 Å². The zero-order chi connectivity index (χ0) is 47.8. The first kappa shape index (κ1) is 45.8. The lowest BCUT2D eigenvalue weighted by Crippen LogP contribution is -2.45. The summed E-state index contributed by atoms with van der Waals surface area (Å²) in [6.07, 6.45) is 9.51. The van der Waals surface area contributed by atoms with Gasteiger partial charge in [0.15, 0.2) is 0 Å². The number of amides is 1. The van der Waals surface area contributed by atoms with E-state index in [1.807, 2.05) is 4.68 Å². The predicted molar refractivity (Wildman–Crippen MR) is 263 cm³/mol. The normalized spacial score (nSPS) is 15.1. The molecule has 5 aliphatic rings. The van der Waals surface area contributed by atoms with Crippen molar-refractivity contribution in [2.75, 3.05) is 37.6 Å². The van der Waals surface area contributed by atoms with Gasteiger partial charge in [-0.15, -0.1) is 0 Å². The van der Waals surface area contributed by atoms with E-state index >= 15 is 0 Å². The Balaban J connectivity index is 0.00000180. The number of nitrogens with one attached hydrogen (secondary N) is 1. The average Bonchev–Trinajstić information content (AvgIpc) is 3.79. The molecular weight excluding hydrogens is 887 g/mol. The second-order valence-corrected chi connectivity index (χ2v) is 19.1. The zero-order valence-corrected chi connectivity index (χ0v) is 40.0. The molecule has 69 heavy (non-hydrogen) atoms. The molecule has 12 nitrogen and oxygen atoms in total. The van der Waals surface area contributed by atoms with Crippen molar-refractivity contribution in [1.82, 2.24) is 19.7 Å². The van der Waals surface area contributed by atoms with Crippen molar-refractivity contribution in [2.45, 2.75) is 90.9 Å². The van der Waals surface area contributed by atoms with E-state index in [0.717, 1.165) is 128 Å². The highest BCUT2D eigenvalue weighted by Gasteiger charge is 2.36. The Labute approximate surface area is 405 Å². The Morgan fingerprint density at radius 2 is 1.46 bits per heavy atom. The van der Waals surface area contributed by atoms with Gasteiger partial charge < -0.3 is 24.9 Å². The van der Waals surface area contributed by atoms with E-state index in [4.69, 9.17) is 18.3 Å². The largest absolute Gasteiger partial charge is 0.545 e. The highest BCUT2D eigenvalue weighted by molar-refractivity contribution is 7.51. The van der Waals surface area contributed by atoms with E-state index in [0.29, 0.717) is 43.4 Å². The number of rotatable bonds is 12. The number of hydrogen-bond acceptors (Lipinski definition) is 9. The van der Waals surface area contributed by atoms with Crippen molar-refractivity contribution >= 4 is 40.5 Å². The van der Waals surface area contributed by atoms with E-state index < -0.39 is 17.5 Å². The number of anilines is 1. The molecule has 11 rings (SSSR count). The minimum atomic E-state index is -1.29. The molecule has 1 N–H and O–H groups in total. The molecule has 0 spiro atoms. The molecule has 0 unspecified atom stereocenters. The lowest BCUT2D eigenvalue weighted by molar-refractivity contribution is -0.255. The third kappa shape index (κ3) is 8.96. The van der Waals surface area contributed by atoms with Crippen LogP contribution in [0, 0.1) is 13.8 Å². The molecule has 5 aromatic carbocycles. The average molecular weight is 942 g/mol. The lowest BCUT2D eigenvalue weighted by Gasteiger charge is -2.39. The Morgan fingerprint density at radius 1 is 0.768 bits per heavy atom. The summed E-state index contributed by atoms with van der Waals surface area (Å²) in [5.41, 5.74) is 15.0. The van der Waals surface area contributed by atoms with Gasteiger partial charge in [0.05, 0.1) is 28.6 Å². The Hall–Kier alpha value is -6.99.